The van der Waals surface area contributed by atoms with E-state index in [1.807, 2.05) is 6.07 Å². The molecule has 1 aliphatic rings. The number of carbonyl (C=O) groups excluding carboxylic acids is 2. The fourth-order valence-corrected chi connectivity index (χ4v) is 2.60. The summed E-state index contributed by atoms with van der Waals surface area (Å²) in [5.41, 5.74) is 1.17. The highest BCUT2D eigenvalue weighted by Crippen LogP contribution is 2.19. The molecule has 1 aromatic carbocycles. The van der Waals surface area contributed by atoms with Gasteiger partial charge in [0.05, 0.1) is 5.92 Å². The normalized spacial score (nSPS) is 15.4. The van der Waals surface area contributed by atoms with Crippen molar-refractivity contribution in [3.63, 3.8) is 0 Å². The lowest BCUT2D eigenvalue weighted by molar-refractivity contribution is -0.145. The SMILES string of the molecule is CC(=O)c1ccc(N/C=C(/C#N)C(=O)N2CCC(C(=O)O)CC2)cc1. The van der Waals surface area contributed by atoms with Crippen molar-refractivity contribution in [2.45, 2.75) is 19.8 Å². The van der Waals surface area contributed by atoms with Gasteiger partial charge in [0.2, 0.25) is 0 Å². The first-order valence-electron chi connectivity index (χ1n) is 7.92. The van der Waals surface area contributed by atoms with Crippen LogP contribution in [0.5, 0.6) is 0 Å². The van der Waals surface area contributed by atoms with Gasteiger partial charge in [0.1, 0.15) is 11.6 Å². The van der Waals surface area contributed by atoms with Gasteiger partial charge in [0.15, 0.2) is 5.78 Å². The van der Waals surface area contributed by atoms with E-state index >= 15 is 0 Å². The summed E-state index contributed by atoms with van der Waals surface area (Å²) in [4.78, 5) is 36.1. The van der Waals surface area contributed by atoms with E-state index in [0.717, 1.165) is 0 Å². The Bertz CT molecular complexity index is 739. The van der Waals surface area contributed by atoms with Crippen LogP contribution in [0.3, 0.4) is 0 Å². The van der Waals surface area contributed by atoms with Crippen molar-refractivity contribution in [1.82, 2.24) is 4.90 Å². The van der Waals surface area contributed by atoms with Gasteiger partial charge in [-0.15, -0.1) is 0 Å². The first kappa shape index (κ1) is 18.2. The number of carboxylic acids is 1. The zero-order valence-corrected chi connectivity index (χ0v) is 13.9. The molecule has 0 unspecified atom stereocenters. The Hall–Kier alpha value is -3.14. The van der Waals surface area contributed by atoms with Crippen molar-refractivity contribution in [3.8, 4) is 6.07 Å². The van der Waals surface area contributed by atoms with Gasteiger partial charge in [0.25, 0.3) is 5.91 Å². The molecule has 1 saturated heterocycles. The molecule has 0 atom stereocenters. The zero-order valence-electron chi connectivity index (χ0n) is 13.9. The number of hydrogen-bond donors (Lipinski definition) is 2. The second-order valence-corrected chi connectivity index (χ2v) is 5.85. The number of hydrogen-bond acceptors (Lipinski definition) is 5. The van der Waals surface area contributed by atoms with Crippen LogP contribution in [0.2, 0.25) is 0 Å². The molecule has 2 rings (SSSR count). The molecule has 25 heavy (non-hydrogen) atoms. The molecular formula is C18H19N3O4. The van der Waals surface area contributed by atoms with Crippen molar-refractivity contribution in [3.05, 3.63) is 41.6 Å². The number of nitriles is 1. The smallest absolute Gasteiger partial charge is 0.306 e. The van der Waals surface area contributed by atoms with Gasteiger partial charge in [-0.1, -0.05) is 0 Å². The van der Waals surface area contributed by atoms with Crippen molar-refractivity contribution < 1.29 is 19.5 Å². The fraction of sp³-hybridized carbons (Fsp3) is 0.333. The Labute approximate surface area is 145 Å². The lowest BCUT2D eigenvalue weighted by atomic mass is 9.97. The van der Waals surface area contributed by atoms with Gasteiger partial charge >= 0.3 is 5.97 Å². The second kappa shape index (κ2) is 8.11. The van der Waals surface area contributed by atoms with Crippen LogP contribution in [0.4, 0.5) is 5.69 Å². The third-order valence-corrected chi connectivity index (χ3v) is 4.16. The zero-order chi connectivity index (χ0) is 18.4. The number of amides is 1. The number of benzene rings is 1. The minimum Gasteiger partial charge on any atom is -0.481 e. The van der Waals surface area contributed by atoms with E-state index in [1.165, 1.54) is 18.0 Å². The highest BCUT2D eigenvalue weighted by atomic mass is 16.4. The summed E-state index contributed by atoms with van der Waals surface area (Å²) in [6.07, 6.45) is 2.10. The van der Waals surface area contributed by atoms with Crippen LogP contribution in [0.15, 0.2) is 36.0 Å². The van der Waals surface area contributed by atoms with Crippen molar-refractivity contribution in [1.29, 1.82) is 5.26 Å². The maximum Gasteiger partial charge on any atom is 0.306 e. The predicted molar refractivity (Wildman–Crippen MR) is 90.7 cm³/mol. The number of anilines is 1. The van der Waals surface area contributed by atoms with E-state index < -0.39 is 17.8 Å². The van der Waals surface area contributed by atoms with Crippen LogP contribution in [-0.4, -0.2) is 40.8 Å². The van der Waals surface area contributed by atoms with Crippen LogP contribution >= 0.6 is 0 Å². The van der Waals surface area contributed by atoms with E-state index in [1.54, 1.807) is 24.3 Å². The third-order valence-electron chi connectivity index (χ3n) is 4.16. The molecule has 0 bridgehead atoms. The van der Waals surface area contributed by atoms with E-state index in [9.17, 15) is 19.6 Å². The molecule has 2 N–H and O–H groups in total. The number of nitrogens with one attached hydrogen (secondary N) is 1. The van der Waals surface area contributed by atoms with E-state index in [2.05, 4.69) is 5.32 Å². The van der Waals surface area contributed by atoms with Crippen molar-refractivity contribution in [2.24, 2.45) is 5.92 Å². The molecule has 1 fully saturated rings. The van der Waals surface area contributed by atoms with Gasteiger partial charge in [-0.05, 0) is 44.0 Å². The summed E-state index contributed by atoms with van der Waals surface area (Å²) < 4.78 is 0. The van der Waals surface area contributed by atoms with E-state index in [4.69, 9.17) is 5.11 Å². The number of Topliss-reactive ketones (excluding diaryl/α,β-unsaturated/α-hetero) is 1. The summed E-state index contributed by atoms with van der Waals surface area (Å²) in [5, 5.41) is 21.1. The summed E-state index contributed by atoms with van der Waals surface area (Å²) >= 11 is 0. The number of rotatable bonds is 5. The fourth-order valence-electron chi connectivity index (χ4n) is 2.60. The largest absolute Gasteiger partial charge is 0.481 e. The number of ketones is 1. The maximum absolute atomic E-state index is 12.4. The second-order valence-electron chi connectivity index (χ2n) is 5.85. The molecule has 130 valence electrons. The first-order valence-corrected chi connectivity index (χ1v) is 7.92. The summed E-state index contributed by atoms with van der Waals surface area (Å²) in [6, 6.07) is 8.55. The number of aliphatic carboxylic acids is 1. The molecule has 0 radical (unpaired) electrons. The molecule has 1 heterocycles. The standard InChI is InChI=1S/C18H19N3O4/c1-12(22)13-2-4-16(5-3-13)20-11-15(10-19)17(23)21-8-6-14(7-9-21)18(24)25/h2-5,11,14,20H,6-9H2,1H3,(H,24,25)/b15-11-. The molecule has 0 aromatic heterocycles. The Morgan fingerprint density at radius 2 is 1.84 bits per heavy atom. The topological polar surface area (TPSA) is 111 Å². The minimum atomic E-state index is -0.848. The van der Waals surface area contributed by atoms with Gasteiger partial charge in [-0.3, -0.25) is 14.4 Å². The monoisotopic (exact) mass is 341 g/mol. The third kappa shape index (κ3) is 4.67. The molecule has 7 heteroatoms. The summed E-state index contributed by atoms with van der Waals surface area (Å²) in [6.45, 7) is 2.12. The van der Waals surface area contributed by atoms with E-state index in [0.29, 0.717) is 37.2 Å². The lowest BCUT2D eigenvalue weighted by Gasteiger charge is -2.29. The van der Waals surface area contributed by atoms with Gasteiger partial charge in [0, 0.05) is 30.5 Å². The predicted octanol–water partition coefficient (Wildman–Crippen LogP) is 2.03. The number of carboxylic acid groups (broad SMARTS) is 1. The lowest BCUT2D eigenvalue weighted by Crippen LogP contribution is -2.40. The summed E-state index contributed by atoms with van der Waals surface area (Å²) in [7, 11) is 0. The Morgan fingerprint density at radius 1 is 1.24 bits per heavy atom. The molecule has 0 aliphatic carbocycles. The minimum absolute atomic E-state index is 0.0419. The molecule has 0 saturated carbocycles. The average Bonchev–Trinajstić information content (AvgIpc) is 2.62. The molecule has 7 nitrogen and oxygen atoms in total. The summed E-state index contributed by atoms with van der Waals surface area (Å²) in [5.74, 6) is -1.74. The highest BCUT2D eigenvalue weighted by molar-refractivity contribution is 5.98. The van der Waals surface area contributed by atoms with Crippen LogP contribution in [0.1, 0.15) is 30.1 Å². The van der Waals surface area contributed by atoms with Crippen LogP contribution < -0.4 is 5.32 Å². The van der Waals surface area contributed by atoms with Crippen LogP contribution in [0.25, 0.3) is 0 Å². The molecule has 1 aromatic rings. The van der Waals surface area contributed by atoms with E-state index in [-0.39, 0.29) is 11.4 Å². The van der Waals surface area contributed by atoms with Crippen LogP contribution in [0, 0.1) is 17.2 Å². The maximum atomic E-state index is 12.4. The first-order chi connectivity index (χ1) is 11.9. The number of likely N-dealkylation sites (tertiary alicyclic amines) is 1. The van der Waals surface area contributed by atoms with Crippen molar-refractivity contribution >= 4 is 23.3 Å². The Morgan fingerprint density at radius 3 is 2.32 bits per heavy atom. The molecule has 0 spiro atoms. The Kier molecular flexibility index (Phi) is 5.90. The number of carbonyl (C=O) groups is 3. The average molecular weight is 341 g/mol. The molecular weight excluding hydrogens is 322 g/mol. The highest BCUT2D eigenvalue weighted by Gasteiger charge is 2.28. The quantitative estimate of drug-likeness (QED) is 0.482. The Balaban J connectivity index is 2.00. The van der Waals surface area contributed by atoms with Crippen molar-refractivity contribution in [2.75, 3.05) is 18.4 Å². The van der Waals surface area contributed by atoms with Gasteiger partial charge in [-0.2, -0.15) is 5.26 Å². The number of nitrogens with zero attached hydrogens (tertiary/aromatic N) is 2. The van der Waals surface area contributed by atoms with Gasteiger partial charge in [-0.25, -0.2) is 0 Å². The molecule has 1 amide bonds. The molecule has 1 aliphatic heterocycles. The number of piperidine rings is 1. The van der Waals surface area contributed by atoms with Gasteiger partial charge < -0.3 is 15.3 Å². The van der Waals surface area contributed by atoms with Crippen LogP contribution in [-0.2, 0) is 9.59 Å².